The summed E-state index contributed by atoms with van der Waals surface area (Å²) in [7, 11) is 0. The minimum atomic E-state index is 0.0542. The largest absolute Gasteiger partial charge is 0.356 e. The van der Waals surface area contributed by atoms with Crippen molar-refractivity contribution < 1.29 is 14.4 Å². The Kier molecular flexibility index (Phi) is 6.97. The van der Waals surface area contributed by atoms with Gasteiger partial charge in [-0.3, -0.25) is 14.4 Å². The van der Waals surface area contributed by atoms with E-state index in [0.717, 1.165) is 87.6 Å². The van der Waals surface area contributed by atoms with Crippen molar-refractivity contribution in [3.05, 3.63) is 21.9 Å². The minimum Gasteiger partial charge on any atom is -0.356 e. The molecule has 0 atom stereocenters. The molecule has 2 amide bonds. The fraction of sp³-hybridized carbons (Fsp3) is 0.679. The summed E-state index contributed by atoms with van der Waals surface area (Å²) in [5, 5.41) is 3.02. The zero-order valence-corrected chi connectivity index (χ0v) is 21.3. The van der Waals surface area contributed by atoms with E-state index in [-0.39, 0.29) is 29.2 Å². The van der Waals surface area contributed by atoms with Crippen LogP contribution in [0.2, 0.25) is 0 Å². The predicted octanol–water partition coefficient (Wildman–Crippen LogP) is 6.13. The fourth-order valence-electron chi connectivity index (χ4n) is 6.67. The van der Waals surface area contributed by atoms with Gasteiger partial charge in [0.25, 0.3) is 0 Å². The molecule has 0 bridgehead atoms. The second-order valence-corrected chi connectivity index (χ2v) is 12.4. The molecule has 0 aromatic carbocycles. The van der Waals surface area contributed by atoms with Crippen molar-refractivity contribution in [3.63, 3.8) is 0 Å². The van der Waals surface area contributed by atoms with E-state index in [1.54, 1.807) is 11.3 Å². The molecule has 1 spiro atoms. The molecule has 1 aromatic rings. The summed E-state index contributed by atoms with van der Waals surface area (Å²) in [5.74, 6) is 1.13. The zero-order chi connectivity index (χ0) is 23.7. The van der Waals surface area contributed by atoms with Crippen LogP contribution < -0.4 is 10.2 Å². The van der Waals surface area contributed by atoms with Crippen molar-refractivity contribution in [3.8, 4) is 0 Å². The van der Waals surface area contributed by atoms with Gasteiger partial charge in [0.1, 0.15) is 0 Å². The molecule has 1 aliphatic heterocycles. The summed E-state index contributed by atoms with van der Waals surface area (Å²) in [5.41, 5.74) is 2.23. The maximum atomic E-state index is 14.1. The number of nitrogens with zero attached hydrogens (tertiary/aromatic N) is 1. The van der Waals surface area contributed by atoms with Crippen LogP contribution in [0, 0.1) is 17.3 Å². The quantitative estimate of drug-likeness (QED) is 0.514. The van der Waals surface area contributed by atoms with Crippen molar-refractivity contribution in [2.24, 2.45) is 17.3 Å². The first-order valence-corrected chi connectivity index (χ1v) is 14.2. The number of hydrogen-bond acceptors (Lipinski definition) is 4. The SMILES string of the molecule is CC1CCC(C(=O)N(c2cc(C3=CCCCC3)sc2C=O)C2CCC3(CC2)CNC(=O)C3)CC1. The number of rotatable bonds is 5. The Morgan fingerprint density at radius 1 is 1.15 bits per heavy atom. The van der Waals surface area contributed by atoms with E-state index in [0.29, 0.717) is 17.2 Å². The standard InChI is InChI=1S/C28H38N2O3S/c1-19-7-9-21(10-8-19)27(33)30(22-11-13-28(14-12-22)16-26(32)29-18-28)23-15-24(34-25(23)17-31)20-5-3-2-4-6-20/h5,15,17,19,21-22H,2-4,6-14,16,18H2,1H3,(H,29,32). The molecule has 1 aromatic heterocycles. The molecule has 5 nitrogen and oxygen atoms in total. The van der Waals surface area contributed by atoms with Crippen LogP contribution >= 0.6 is 11.3 Å². The number of carbonyl (C=O) groups is 3. The van der Waals surface area contributed by atoms with Gasteiger partial charge < -0.3 is 10.2 Å². The monoisotopic (exact) mass is 482 g/mol. The predicted molar refractivity (Wildman–Crippen MR) is 137 cm³/mol. The number of thiophene rings is 1. The molecule has 4 aliphatic rings. The first-order chi connectivity index (χ1) is 16.5. The average Bonchev–Trinajstić information content (AvgIpc) is 3.45. The van der Waals surface area contributed by atoms with Gasteiger partial charge in [0.15, 0.2) is 6.29 Å². The van der Waals surface area contributed by atoms with E-state index >= 15 is 0 Å². The Morgan fingerprint density at radius 2 is 1.91 bits per heavy atom. The average molecular weight is 483 g/mol. The lowest BCUT2D eigenvalue weighted by Crippen LogP contribution is -2.48. The van der Waals surface area contributed by atoms with Crippen LogP contribution in [0.3, 0.4) is 0 Å². The molecular weight excluding hydrogens is 444 g/mol. The maximum Gasteiger partial charge on any atom is 0.230 e. The minimum absolute atomic E-state index is 0.0542. The normalized spacial score (nSPS) is 31.7. The lowest BCUT2D eigenvalue weighted by molar-refractivity contribution is -0.124. The van der Waals surface area contributed by atoms with Gasteiger partial charge in [-0.2, -0.15) is 0 Å². The molecule has 1 saturated heterocycles. The van der Waals surface area contributed by atoms with E-state index in [2.05, 4.69) is 24.4 Å². The van der Waals surface area contributed by atoms with E-state index in [1.165, 1.54) is 18.4 Å². The van der Waals surface area contributed by atoms with Crippen LogP contribution in [-0.2, 0) is 9.59 Å². The number of aldehydes is 1. The van der Waals surface area contributed by atoms with Crippen molar-refractivity contribution in [1.82, 2.24) is 5.32 Å². The molecule has 184 valence electrons. The highest BCUT2D eigenvalue weighted by Crippen LogP contribution is 2.46. The van der Waals surface area contributed by atoms with Gasteiger partial charge in [-0.05, 0) is 100 Å². The summed E-state index contributed by atoms with van der Waals surface area (Å²) in [6.07, 6.45) is 16.3. The van der Waals surface area contributed by atoms with Crippen LogP contribution in [0.1, 0.15) is 105 Å². The van der Waals surface area contributed by atoms with Crippen molar-refractivity contribution >= 4 is 40.7 Å². The summed E-state index contributed by atoms with van der Waals surface area (Å²) in [6, 6.07) is 2.24. The van der Waals surface area contributed by atoms with E-state index in [1.807, 2.05) is 4.90 Å². The highest BCUT2D eigenvalue weighted by molar-refractivity contribution is 7.15. The third-order valence-electron chi connectivity index (χ3n) is 8.89. The molecule has 3 aliphatic carbocycles. The second kappa shape index (κ2) is 9.96. The molecule has 0 unspecified atom stereocenters. The molecular formula is C28H38N2O3S. The third kappa shape index (κ3) is 4.75. The van der Waals surface area contributed by atoms with Crippen LogP contribution in [0.25, 0.3) is 5.57 Å². The Morgan fingerprint density at radius 3 is 2.53 bits per heavy atom. The molecule has 34 heavy (non-hydrogen) atoms. The van der Waals surface area contributed by atoms with Crippen LogP contribution in [0.4, 0.5) is 5.69 Å². The highest BCUT2D eigenvalue weighted by atomic mass is 32.1. The zero-order valence-electron chi connectivity index (χ0n) is 20.4. The van der Waals surface area contributed by atoms with E-state index in [4.69, 9.17) is 0 Å². The van der Waals surface area contributed by atoms with Gasteiger partial charge in [-0.15, -0.1) is 11.3 Å². The van der Waals surface area contributed by atoms with Gasteiger partial charge in [0, 0.05) is 29.8 Å². The summed E-state index contributed by atoms with van der Waals surface area (Å²) >= 11 is 1.56. The van der Waals surface area contributed by atoms with E-state index in [9.17, 15) is 14.4 Å². The molecule has 5 rings (SSSR count). The lowest BCUT2D eigenvalue weighted by Gasteiger charge is -2.42. The molecule has 0 radical (unpaired) electrons. The number of amides is 2. The lowest BCUT2D eigenvalue weighted by atomic mass is 9.71. The smallest absolute Gasteiger partial charge is 0.230 e. The van der Waals surface area contributed by atoms with Crippen molar-refractivity contribution in [1.29, 1.82) is 0 Å². The van der Waals surface area contributed by atoms with Gasteiger partial charge in [-0.25, -0.2) is 0 Å². The van der Waals surface area contributed by atoms with Crippen LogP contribution in [0.15, 0.2) is 12.1 Å². The Hall–Kier alpha value is -1.95. The topological polar surface area (TPSA) is 66.5 Å². The number of allylic oxidation sites excluding steroid dienone is 2. The van der Waals surface area contributed by atoms with Crippen molar-refractivity contribution in [2.45, 2.75) is 96.4 Å². The number of anilines is 1. The van der Waals surface area contributed by atoms with E-state index < -0.39 is 0 Å². The third-order valence-corrected chi connectivity index (χ3v) is 10.0. The second-order valence-electron chi connectivity index (χ2n) is 11.3. The highest BCUT2D eigenvalue weighted by Gasteiger charge is 2.44. The van der Waals surface area contributed by atoms with Gasteiger partial charge in [-0.1, -0.05) is 13.0 Å². The van der Waals surface area contributed by atoms with Gasteiger partial charge in [0.05, 0.1) is 10.6 Å². The molecule has 2 saturated carbocycles. The maximum absolute atomic E-state index is 14.1. The Labute approximate surface area is 207 Å². The summed E-state index contributed by atoms with van der Waals surface area (Å²) in [6.45, 7) is 3.05. The Balaban J connectivity index is 1.44. The number of carbonyl (C=O) groups excluding carboxylic acids is 3. The molecule has 1 N–H and O–H groups in total. The molecule has 2 heterocycles. The first kappa shape index (κ1) is 23.8. The summed E-state index contributed by atoms with van der Waals surface area (Å²) < 4.78 is 0. The molecule has 3 fully saturated rings. The van der Waals surface area contributed by atoms with Crippen LogP contribution in [-0.4, -0.2) is 30.7 Å². The Bertz CT molecular complexity index is 964. The van der Waals surface area contributed by atoms with Crippen LogP contribution in [0.5, 0.6) is 0 Å². The van der Waals surface area contributed by atoms with Crippen molar-refractivity contribution in [2.75, 3.05) is 11.4 Å². The van der Waals surface area contributed by atoms with Gasteiger partial charge in [0.2, 0.25) is 11.8 Å². The van der Waals surface area contributed by atoms with Gasteiger partial charge >= 0.3 is 0 Å². The first-order valence-electron chi connectivity index (χ1n) is 13.4. The molecule has 6 heteroatoms. The summed E-state index contributed by atoms with van der Waals surface area (Å²) in [4.78, 5) is 42.1. The number of hydrogen-bond donors (Lipinski definition) is 1. The number of nitrogens with one attached hydrogen (secondary N) is 1. The fourth-order valence-corrected chi connectivity index (χ4v) is 7.70.